The largest absolute Gasteiger partial charge is 0.465 e. The second kappa shape index (κ2) is 8.03. The summed E-state index contributed by atoms with van der Waals surface area (Å²) in [5.74, 6) is -0.0613. The summed E-state index contributed by atoms with van der Waals surface area (Å²) < 4.78 is 7.51. The van der Waals surface area contributed by atoms with Crippen molar-refractivity contribution in [1.82, 2.24) is 14.5 Å². The number of carbonyl (C=O) groups excluding carboxylic acids is 1. The summed E-state index contributed by atoms with van der Waals surface area (Å²) >= 11 is 0. The minimum atomic E-state index is -0.0613. The molecule has 5 heteroatoms. The van der Waals surface area contributed by atoms with Crippen LogP contribution < -0.4 is 4.74 Å². The van der Waals surface area contributed by atoms with Crippen LogP contribution in [0.25, 0.3) is 33.3 Å². The van der Waals surface area contributed by atoms with Gasteiger partial charge in [-0.1, -0.05) is 60.7 Å². The first-order chi connectivity index (χ1) is 14.5. The van der Waals surface area contributed by atoms with Crippen LogP contribution in [0.4, 0.5) is 0 Å². The predicted octanol–water partition coefficient (Wildman–Crippen LogP) is 5.01. The summed E-state index contributed by atoms with van der Waals surface area (Å²) in [5, 5.41) is 0. The van der Waals surface area contributed by atoms with E-state index in [1.807, 2.05) is 48.9 Å². The summed E-state index contributed by atoms with van der Waals surface area (Å²) in [5.41, 5.74) is 6.33. The fourth-order valence-corrected chi connectivity index (χ4v) is 3.70. The van der Waals surface area contributed by atoms with Gasteiger partial charge in [0, 0.05) is 21.1 Å². The van der Waals surface area contributed by atoms with Gasteiger partial charge in [-0.3, -0.25) is 9.36 Å². The monoisotopic (exact) mass is 399 g/mol. The van der Waals surface area contributed by atoms with Crippen molar-refractivity contribution < 1.29 is 9.53 Å². The predicted molar refractivity (Wildman–Crippen MR) is 121 cm³/mol. The molecule has 0 aliphatic rings. The molecule has 5 nitrogen and oxygen atoms in total. The van der Waals surface area contributed by atoms with Gasteiger partial charge in [-0.15, -0.1) is 0 Å². The number of aromatic nitrogens is 2. The van der Waals surface area contributed by atoms with Gasteiger partial charge in [0.05, 0.1) is 23.2 Å². The Morgan fingerprint density at radius 3 is 2.20 bits per heavy atom. The molecule has 0 atom stereocenters. The highest BCUT2D eigenvalue weighted by Crippen LogP contribution is 2.34. The normalized spacial score (nSPS) is 10.9. The first-order valence-corrected chi connectivity index (χ1v) is 10.0. The zero-order valence-electron chi connectivity index (χ0n) is 17.7. The Labute approximate surface area is 176 Å². The Balaban J connectivity index is 1.89. The van der Waals surface area contributed by atoms with Crippen molar-refractivity contribution >= 4 is 16.9 Å². The Bertz CT molecular complexity index is 1190. The molecule has 3 aromatic carbocycles. The molecular weight excluding hydrogens is 374 g/mol. The van der Waals surface area contributed by atoms with Gasteiger partial charge in [-0.05, 0) is 35.2 Å². The van der Waals surface area contributed by atoms with E-state index in [-0.39, 0.29) is 5.91 Å². The first kappa shape index (κ1) is 19.7. The highest BCUT2D eigenvalue weighted by atomic mass is 16.5. The third-order valence-corrected chi connectivity index (χ3v) is 5.19. The van der Waals surface area contributed by atoms with Gasteiger partial charge < -0.3 is 9.64 Å². The summed E-state index contributed by atoms with van der Waals surface area (Å²) in [7, 11) is 5.42. The number of ether oxygens (including phenoxy) is 1. The van der Waals surface area contributed by atoms with Gasteiger partial charge in [0.1, 0.15) is 0 Å². The molecule has 0 aliphatic carbocycles. The van der Waals surface area contributed by atoms with Gasteiger partial charge in [-0.25, -0.2) is 0 Å². The van der Waals surface area contributed by atoms with E-state index < -0.39 is 0 Å². The Morgan fingerprint density at radius 1 is 0.933 bits per heavy atom. The molecule has 0 unspecified atom stereocenters. The van der Waals surface area contributed by atoms with Crippen LogP contribution in [0, 0.1) is 0 Å². The number of rotatable bonds is 5. The molecule has 0 radical (unpaired) electrons. The van der Waals surface area contributed by atoms with Crippen LogP contribution in [-0.2, 0) is 7.05 Å². The quantitative estimate of drug-likeness (QED) is 0.474. The van der Waals surface area contributed by atoms with Crippen LogP contribution in [0.1, 0.15) is 17.3 Å². The molecule has 4 rings (SSSR count). The highest BCUT2D eigenvalue weighted by molar-refractivity contribution is 6.11. The molecule has 0 N–H and O–H groups in total. The zero-order chi connectivity index (χ0) is 21.3. The van der Waals surface area contributed by atoms with E-state index >= 15 is 0 Å². The number of amides is 1. The molecule has 0 saturated carbocycles. The van der Waals surface area contributed by atoms with Crippen molar-refractivity contribution in [3.05, 3.63) is 72.3 Å². The first-order valence-electron chi connectivity index (χ1n) is 10.0. The fraction of sp³-hybridized carbons (Fsp3) is 0.200. The lowest BCUT2D eigenvalue weighted by Crippen LogP contribution is -2.23. The smallest absolute Gasteiger partial charge is 0.297 e. The minimum absolute atomic E-state index is 0.0613. The molecule has 1 heterocycles. The topological polar surface area (TPSA) is 47.4 Å². The van der Waals surface area contributed by atoms with E-state index in [2.05, 4.69) is 41.4 Å². The third-order valence-electron chi connectivity index (χ3n) is 5.19. The van der Waals surface area contributed by atoms with Gasteiger partial charge in [-0.2, -0.15) is 4.98 Å². The molecule has 0 spiro atoms. The molecule has 0 saturated heterocycles. The average molecular weight is 399 g/mol. The maximum atomic E-state index is 13.2. The van der Waals surface area contributed by atoms with Crippen molar-refractivity contribution in [2.45, 2.75) is 6.92 Å². The molecule has 0 aliphatic heterocycles. The summed E-state index contributed by atoms with van der Waals surface area (Å²) in [4.78, 5) is 19.4. The Hall–Kier alpha value is -3.60. The number of fused-ring (bicyclic) bond motifs is 1. The van der Waals surface area contributed by atoms with Crippen molar-refractivity contribution in [3.8, 4) is 28.3 Å². The maximum absolute atomic E-state index is 13.2. The van der Waals surface area contributed by atoms with Gasteiger partial charge in [0.2, 0.25) is 0 Å². The Morgan fingerprint density at radius 2 is 1.57 bits per heavy atom. The molecular formula is C25H25N3O2. The third kappa shape index (κ3) is 3.43. The SMILES string of the molecule is CCOc1nc2ccc(-c3ccc(-c4ccccc4)cc3)c(C(=O)N(C)C)c2n1C. The van der Waals surface area contributed by atoms with Gasteiger partial charge in [0.15, 0.2) is 0 Å². The highest BCUT2D eigenvalue weighted by Gasteiger charge is 2.23. The van der Waals surface area contributed by atoms with Crippen molar-refractivity contribution in [3.63, 3.8) is 0 Å². The molecule has 4 aromatic rings. The van der Waals surface area contributed by atoms with Crippen molar-refractivity contribution in [2.24, 2.45) is 7.05 Å². The van der Waals surface area contributed by atoms with Gasteiger partial charge >= 0.3 is 0 Å². The summed E-state index contributed by atoms with van der Waals surface area (Å²) in [6.45, 7) is 2.44. The number of nitrogens with zero attached hydrogens (tertiary/aromatic N) is 3. The van der Waals surface area contributed by atoms with Crippen LogP contribution in [0.3, 0.4) is 0 Å². The number of hydrogen-bond acceptors (Lipinski definition) is 3. The molecule has 1 amide bonds. The van der Waals surface area contributed by atoms with Crippen LogP contribution in [0.15, 0.2) is 66.7 Å². The average Bonchev–Trinajstić information content (AvgIpc) is 3.09. The summed E-state index contributed by atoms with van der Waals surface area (Å²) in [6.07, 6.45) is 0. The molecule has 0 fully saturated rings. The maximum Gasteiger partial charge on any atom is 0.297 e. The van der Waals surface area contributed by atoms with Gasteiger partial charge in [0.25, 0.3) is 11.9 Å². The summed E-state index contributed by atoms with van der Waals surface area (Å²) in [6, 6.07) is 23.0. The molecule has 0 bridgehead atoms. The van der Waals surface area contributed by atoms with Crippen LogP contribution in [0.5, 0.6) is 6.01 Å². The van der Waals surface area contributed by atoms with E-state index in [1.165, 1.54) is 0 Å². The number of imidazole rings is 1. The Kier molecular flexibility index (Phi) is 5.27. The number of hydrogen-bond donors (Lipinski definition) is 0. The van der Waals surface area contributed by atoms with Crippen LogP contribution in [-0.4, -0.2) is 41.1 Å². The fourth-order valence-electron chi connectivity index (χ4n) is 3.70. The van der Waals surface area contributed by atoms with Crippen molar-refractivity contribution in [2.75, 3.05) is 20.7 Å². The molecule has 30 heavy (non-hydrogen) atoms. The molecule has 152 valence electrons. The number of benzene rings is 3. The van der Waals surface area contributed by atoms with Crippen LogP contribution >= 0.6 is 0 Å². The number of aryl methyl sites for hydroxylation is 1. The number of carbonyl (C=O) groups is 1. The van der Waals surface area contributed by atoms with E-state index in [9.17, 15) is 4.79 Å². The lowest BCUT2D eigenvalue weighted by atomic mass is 9.95. The lowest BCUT2D eigenvalue weighted by Gasteiger charge is -2.16. The van der Waals surface area contributed by atoms with E-state index in [4.69, 9.17) is 4.74 Å². The standard InChI is InChI=1S/C25H25N3O2/c1-5-30-25-26-21-16-15-20(22(23(21)28(25)4)24(29)27(2)3)19-13-11-18(12-14-19)17-9-7-6-8-10-17/h6-16H,5H2,1-4H3. The molecule has 1 aromatic heterocycles. The second-order valence-corrected chi connectivity index (χ2v) is 7.39. The zero-order valence-corrected chi connectivity index (χ0v) is 17.7. The van der Waals surface area contributed by atoms with Crippen molar-refractivity contribution in [1.29, 1.82) is 0 Å². The van der Waals surface area contributed by atoms with E-state index in [0.717, 1.165) is 33.3 Å². The second-order valence-electron chi connectivity index (χ2n) is 7.39. The van der Waals surface area contributed by atoms with E-state index in [1.54, 1.807) is 19.0 Å². The van der Waals surface area contributed by atoms with Crippen LogP contribution in [0.2, 0.25) is 0 Å². The van der Waals surface area contributed by atoms with E-state index in [0.29, 0.717) is 18.2 Å². The minimum Gasteiger partial charge on any atom is -0.465 e. The lowest BCUT2D eigenvalue weighted by molar-refractivity contribution is 0.0830.